The molecule has 0 radical (unpaired) electrons. The first-order valence-corrected chi connectivity index (χ1v) is 13.2. The van der Waals surface area contributed by atoms with Crippen LogP contribution in [-0.2, 0) is 23.6 Å². The van der Waals surface area contributed by atoms with Crippen LogP contribution in [0, 0.1) is 0 Å². The first-order chi connectivity index (χ1) is 16.3. The minimum Gasteiger partial charge on any atom is -0.465 e. The maximum absolute atomic E-state index is 11.8. The van der Waals surface area contributed by atoms with Crippen LogP contribution >= 0.6 is 22.2 Å². The molecule has 1 aromatic heterocycles. The van der Waals surface area contributed by atoms with Crippen molar-refractivity contribution in [3.05, 3.63) is 70.0 Å². The molecule has 11 heteroatoms. The van der Waals surface area contributed by atoms with Crippen molar-refractivity contribution in [2.24, 2.45) is 0 Å². The fourth-order valence-electron chi connectivity index (χ4n) is 5.61. The average molecular weight is 502 g/mol. The summed E-state index contributed by atoms with van der Waals surface area (Å²) >= 11 is 6.22. The topological polar surface area (TPSA) is 115 Å². The molecule has 1 amide bonds. The molecule has 3 aliphatic heterocycles. The lowest BCUT2D eigenvalue weighted by Gasteiger charge is -2.50. The molecule has 9 nitrogen and oxygen atoms in total. The Bertz CT molecular complexity index is 1300. The van der Waals surface area contributed by atoms with Gasteiger partial charge in [-0.15, -0.1) is 10.2 Å². The van der Waals surface area contributed by atoms with Gasteiger partial charge in [-0.25, -0.2) is 4.79 Å². The number of anilines is 1. The van der Waals surface area contributed by atoms with E-state index in [0.717, 1.165) is 22.4 Å². The standard InChI is InChI=1S/C23H24ClN5O4S/c24-17-5-6-19-16(11-17)12-28(22(30)31)13-20-25-26-21(29(19)20)27-9-7-23(8-10-27)18-4-2-1-3-15(18)14-34(23,32)33/h1-6,11,32-33H,7-10,12-14H2,(H,30,31). The normalized spacial score (nSPS) is 20.9. The molecule has 178 valence electrons. The summed E-state index contributed by atoms with van der Waals surface area (Å²) in [4.78, 5) is 15.2. The van der Waals surface area contributed by atoms with Gasteiger partial charge in [0.1, 0.15) is 0 Å². The van der Waals surface area contributed by atoms with Crippen LogP contribution in [0.3, 0.4) is 0 Å². The molecule has 0 aliphatic carbocycles. The van der Waals surface area contributed by atoms with E-state index in [0.29, 0.717) is 48.5 Å². The number of hydrogen-bond acceptors (Lipinski definition) is 6. The molecule has 4 heterocycles. The Morgan fingerprint density at radius 3 is 2.56 bits per heavy atom. The predicted molar refractivity (Wildman–Crippen MR) is 130 cm³/mol. The largest absolute Gasteiger partial charge is 0.465 e. The minimum absolute atomic E-state index is 0.111. The molecule has 6 rings (SSSR count). The van der Waals surface area contributed by atoms with Crippen molar-refractivity contribution in [2.75, 3.05) is 18.0 Å². The lowest BCUT2D eigenvalue weighted by molar-refractivity contribution is 0.139. The summed E-state index contributed by atoms with van der Waals surface area (Å²) in [5, 5.41) is 19.0. The highest BCUT2D eigenvalue weighted by molar-refractivity contribution is 8.24. The van der Waals surface area contributed by atoms with E-state index in [1.807, 2.05) is 34.9 Å². The molecule has 1 spiro atoms. The summed E-state index contributed by atoms with van der Waals surface area (Å²) in [5.41, 5.74) is 3.65. The van der Waals surface area contributed by atoms with Gasteiger partial charge in [-0.3, -0.25) is 18.6 Å². The number of amides is 1. The van der Waals surface area contributed by atoms with Gasteiger partial charge in [-0.05, 0) is 47.7 Å². The Balaban J connectivity index is 1.37. The third-order valence-electron chi connectivity index (χ3n) is 7.30. The Labute approximate surface area is 202 Å². The number of rotatable bonds is 1. The van der Waals surface area contributed by atoms with Crippen molar-refractivity contribution in [2.45, 2.75) is 36.4 Å². The van der Waals surface area contributed by atoms with Crippen LogP contribution < -0.4 is 4.90 Å². The van der Waals surface area contributed by atoms with Gasteiger partial charge < -0.3 is 10.0 Å². The number of aromatic nitrogens is 3. The smallest absolute Gasteiger partial charge is 0.408 e. The fraction of sp³-hybridized carbons (Fsp3) is 0.348. The molecule has 0 atom stereocenters. The van der Waals surface area contributed by atoms with Gasteiger partial charge in [0.25, 0.3) is 0 Å². The Kier molecular flexibility index (Phi) is 4.86. The summed E-state index contributed by atoms with van der Waals surface area (Å²) < 4.78 is 23.4. The van der Waals surface area contributed by atoms with Gasteiger partial charge >= 0.3 is 6.09 Å². The quantitative estimate of drug-likeness (QED) is 0.443. The third kappa shape index (κ3) is 3.13. The lowest BCUT2D eigenvalue weighted by Crippen LogP contribution is -2.44. The van der Waals surface area contributed by atoms with Crippen LogP contribution in [0.25, 0.3) is 5.69 Å². The third-order valence-corrected chi connectivity index (χ3v) is 10.1. The van der Waals surface area contributed by atoms with Crippen molar-refractivity contribution >= 4 is 34.2 Å². The Hall–Kier alpha value is -2.79. The number of halogens is 1. The van der Waals surface area contributed by atoms with Crippen LogP contribution in [0.15, 0.2) is 42.5 Å². The first-order valence-electron chi connectivity index (χ1n) is 11.1. The highest BCUT2D eigenvalue weighted by Crippen LogP contribution is 2.70. The van der Waals surface area contributed by atoms with E-state index in [1.165, 1.54) is 4.90 Å². The molecule has 34 heavy (non-hydrogen) atoms. The number of piperidine rings is 1. The number of hydrogen-bond donors (Lipinski definition) is 3. The molecule has 0 bridgehead atoms. The molecular weight excluding hydrogens is 478 g/mol. The fourth-order valence-corrected chi connectivity index (χ4v) is 8.16. The summed E-state index contributed by atoms with van der Waals surface area (Å²) in [7, 11) is -2.81. The second-order valence-corrected chi connectivity index (χ2v) is 12.0. The van der Waals surface area contributed by atoms with Crippen LogP contribution in [0.1, 0.15) is 35.4 Å². The van der Waals surface area contributed by atoms with Crippen LogP contribution in [-0.4, -0.2) is 53.1 Å². The monoisotopic (exact) mass is 501 g/mol. The average Bonchev–Trinajstić information content (AvgIpc) is 3.25. The zero-order valence-electron chi connectivity index (χ0n) is 18.3. The highest BCUT2D eigenvalue weighted by Gasteiger charge is 2.52. The van der Waals surface area contributed by atoms with Gasteiger partial charge in [0.2, 0.25) is 5.95 Å². The SMILES string of the molecule is O=C(O)N1Cc2cc(Cl)ccc2-n2c(nnc2N2CCC3(CC2)c2ccccc2CS3(O)O)C1. The zero-order valence-corrected chi connectivity index (χ0v) is 19.8. The number of carbonyl (C=O) groups is 1. The van der Waals surface area contributed by atoms with E-state index in [2.05, 4.69) is 15.1 Å². The molecular formula is C23H24ClN5O4S. The Morgan fingerprint density at radius 1 is 1.03 bits per heavy atom. The van der Waals surface area contributed by atoms with Gasteiger partial charge in [0.15, 0.2) is 5.82 Å². The van der Waals surface area contributed by atoms with Gasteiger partial charge in [-0.2, -0.15) is 10.6 Å². The number of nitrogens with zero attached hydrogens (tertiary/aromatic N) is 5. The maximum atomic E-state index is 11.8. The molecule has 3 aromatic rings. The summed E-state index contributed by atoms with van der Waals surface area (Å²) in [6.45, 7) is 1.47. The molecule has 1 fully saturated rings. The molecule has 0 saturated carbocycles. The maximum Gasteiger partial charge on any atom is 0.408 e. The molecule has 3 N–H and O–H groups in total. The zero-order chi connectivity index (χ0) is 23.7. The van der Waals surface area contributed by atoms with Gasteiger partial charge in [-0.1, -0.05) is 35.9 Å². The van der Waals surface area contributed by atoms with Crippen molar-refractivity contribution in [3.8, 4) is 5.69 Å². The van der Waals surface area contributed by atoms with Crippen LogP contribution in [0.2, 0.25) is 5.02 Å². The summed E-state index contributed by atoms with van der Waals surface area (Å²) in [5.74, 6) is 1.47. The van der Waals surface area contributed by atoms with Gasteiger partial charge in [0, 0.05) is 18.1 Å². The second kappa shape index (κ2) is 7.61. The van der Waals surface area contributed by atoms with Gasteiger partial charge in [0.05, 0.1) is 29.3 Å². The van der Waals surface area contributed by atoms with Crippen LogP contribution in [0.4, 0.5) is 10.7 Å². The first kappa shape index (κ1) is 21.7. The van der Waals surface area contributed by atoms with Crippen molar-refractivity contribution in [1.29, 1.82) is 0 Å². The number of benzene rings is 2. The predicted octanol–water partition coefficient (Wildman–Crippen LogP) is 4.67. The minimum atomic E-state index is -2.81. The van der Waals surface area contributed by atoms with Crippen molar-refractivity contribution in [1.82, 2.24) is 19.7 Å². The summed E-state index contributed by atoms with van der Waals surface area (Å²) in [6.07, 6.45) is 0.140. The number of carboxylic acid groups (broad SMARTS) is 1. The van der Waals surface area contributed by atoms with E-state index in [-0.39, 0.29) is 13.1 Å². The second-order valence-electron chi connectivity index (χ2n) is 9.11. The Morgan fingerprint density at radius 2 is 1.79 bits per heavy atom. The van der Waals surface area contributed by atoms with Crippen molar-refractivity contribution < 1.29 is 19.0 Å². The van der Waals surface area contributed by atoms with Crippen molar-refractivity contribution in [3.63, 3.8) is 0 Å². The van der Waals surface area contributed by atoms with E-state index in [9.17, 15) is 19.0 Å². The van der Waals surface area contributed by atoms with E-state index >= 15 is 0 Å². The molecule has 1 saturated heterocycles. The number of fused-ring (bicyclic) bond motifs is 5. The van der Waals surface area contributed by atoms with Crippen LogP contribution in [0.5, 0.6) is 0 Å². The molecule has 2 aromatic carbocycles. The highest BCUT2D eigenvalue weighted by atomic mass is 35.5. The summed E-state index contributed by atoms with van der Waals surface area (Å²) in [6, 6.07) is 13.3. The lowest BCUT2D eigenvalue weighted by atomic mass is 9.86. The van der Waals surface area contributed by atoms with E-state index in [4.69, 9.17) is 11.6 Å². The molecule has 0 unspecified atom stereocenters. The molecule has 3 aliphatic rings. The van der Waals surface area contributed by atoms with E-state index in [1.54, 1.807) is 12.1 Å². The van der Waals surface area contributed by atoms with E-state index < -0.39 is 21.4 Å².